The van der Waals surface area contributed by atoms with Crippen LogP contribution in [-0.2, 0) is 6.61 Å². The average molecular weight is 434 g/mol. The summed E-state index contributed by atoms with van der Waals surface area (Å²) >= 11 is 0. The standard InChI is InChI=1S/C27H22N4O2/c32-27(23-10-4-5-11-26(23)31-14-6-7-15-31)30-29-18-21-17-28-25-13-12-22(16-24(21)25)33-19-20-8-2-1-3-9-20/h1-18,28H,19H2,(H,30,32)/b29-18+. The molecule has 0 saturated heterocycles. The van der Waals surface area contributed by atoms with E-state index in [-0.39, 0.29) is 5.91 Å². The molecule has 0 unspecified atom stereocenters. The van der Waals surface area contributed by atoms with E-state index < -0.39 is 0 Å². The molecule has 0 radical (unpaired) electrons. The van der Waals surface area contributed by atoms with Crippen LogP contribution in [0.1, 0.15) is 21.5 Å². The van der Waals surface area contributed by atoms with E-state index in [1.165, 1.54) is 0 Å². The molecule has 0 aliphatic heterocycles. The zero-order valence-corrected chi connectivity index (χ0v) is 17.8. The van der Waals surface area contributed by atoms with Crippen molar-refractivity contribution in [3.8, 4) is 11.4 Å². The molecule has 0 fully saturated rings. The number of hydrazone groups is 1. The van der Waals surface area contributed by atoms with Crippen molar-refractivity contribution in [1.82, 2.24) is 15.0 Å². The van der Waals surface area contributed by atoms with Crippen LogP contribution < -0.4 is 10.2 Å². The van der Waals surface area contributed by atoms with Crippen LogP contribution >= 0.6 is 0 Å². The Kier molecular flexibility index (Phi) is 5.72. The zero-order valence-electron chi connectivity index (χ0n) is 17.8. The fourth-order valence-corrected chi connectivity index (χ4v) is 3.67. The Morgan fingerprint density at radius 3 is 2.61 bits per heavy atom. The number of carbonyl (C=O) groups is 1. The number of aromatic nitrogens is 2. The lowest BCUT2D eigenvalue weighted by Crippen LogP contribution is -2.19. The van der Waals surface area contributed by atoms with Crippen LogP contribution in [0.5, 0.6) is 5.75 Å². The van der Waals surface area contributed by atoms with Gasteiger partial charge in [0.05, 0.1) is 17.5 Å². The summed E-state index contributed by atoms with van der Waals surface area (Å²) in [7, 11) is 0. The lowest BCUT2D eigenvalue weighted by atomic mass is 10.1. The van der Waals surface area contributed by atoms with Crippen molar-refractivity contribution in [3.05, 3.63) is 120 Å². The van der Waals surface area contributed by atoms with Gasteiger partial charge in [-0.3, -0.25) is 4.79 Å². The summed E-state index contributed by atoms with van der Waals surface area (Å²) in [6.07, 6.45) is 7.29. The minimum Gasteiger partial charge on any atom is -0.489 e. The second-order valence-electron chi connectivity index (χ2n) is 7.53. The first-order chi connectivity index (χ1) is 16.3. The van der Waals surface area contributed by atoms with Crippen LogP contribution in [0.3, 0.4) is 0 Å². The van der Waals surface area contributed by atoms with Crippen molar-refractivity contribution >= 4 is 23.0 Å². The van der Waals surface area contributed by atoms with Gasteiger partial charge < -0.3 is 14.3 Å². The molecular weight excluding hydrogens is 412 g/mol. The summed E-state index contributed by atoms with van der Waals surface area (Å²) in [6, 6.07) is 27.2. The second-order valence-corrected chi connectivity index (χ2v) is 7.53. The number of hydrogen-bond acceptors (Lipinski definition) is 3. The third-order valence-corrected chi connectivity index (χ3v) is 5.33. The molecule has 3 aromatic carbocycles. The number of amides is 1. The lowest BCUT2D eigenvalue weighted by Gasteiger charge is -2.09. The smallest absolute Gasteiger partial charge is 0.273 e. The molecule has 5 aromatic rings. The van der Waals surface area contributed by atoms with E-state index in [0.29, 0.717) is 12.2 Å². The Morgan fingerprint density at radius 1 is 0.970 bits per heavy atom. The van der Waals surface area contributed by atoms with Crippen molar-refractivity contribution < 1.29 is 9.53 Å². The zero-order chi connectivity index (χ0) is 22.5. The van der Waals surface area contributed by atoms with E-state index in [2.05, 4.69) is 15.5 Å². The number of para-hydroxylation sites is 1. The first-order valence-corrected chi connectivity index (χ1v) is 10.6. The summed E-state index contributed by atoms with van der Waals surface area (Å²) in [4.78, 5) is 16.0. The Labute approximate surface area is 191 Å². The third kappa shape index (κ3) is 4.55. The predicted molar refractivity (Wildman–Crippen MR) is 130 cm³/mol. The van der Waals surface area contributed by atoms with Crippen LogP contribution in [-0.4, -0.2) is 21.7 Å². The monoisotopic (exact) mass is 434 g/mol. The summed E-state index contributed by atoms with van der Waals surface area (Å²) in [5.74, 6) is 0.493. The molecule has 0 bridgehead atoms. The fourth-order valence-electron chi connectivity index (χ4n) is 3.67. The van der Waals surface area contributed by atoms with E-state index in [9.17, 15) is 4.79 Å². The van der Waals surface area contributed by atoms with Crippen LogP contribution in [0.25, 0.3) is 16.6 Å². The number of fused-ring (bicyclic) bond motifs is 1. The van der Waals surface area contributed by atoms with Gasteiger partial charge in [-0.25, -0.2) is 5.43 Å². The molecule has 1 amide bonds. The van der Waals surface area contributed by atoms with Crippen molar-refractivity contribution in [2.24, 2.45) is 5.10 Å². The topological polar surface area (TPSA) is 71.4 Å². The lowest BCUT2D eigenvalue weighted by molar-refractivity contribution is 0.0955. The predicted octanol–water partition coefficient (Wildman–Crippen LogP) is 5.30. The van der Waals surface area contributed by atoms with Crippen molar-refractivity contribution in [1.29, 1.82) is 0 Å². The molecule has 0 aliphatic rings. The fraction of sp³-hybridized carbons (Fsp3) is 0.0370. The SMILES string of the molecule is O=C(N/N=C/c1c[nH]c2ccc(OCc3ccccc3)cc12)c1ccccc1-n1cccc1. The van der Waals surface area contributed by atoms with Gasteiger partial charge in [0.2, 0.25) is 0 Å². The molecule has 0 atom stereocenters. The van der Waals surface area contributed by atoms with Gasteiger partial charge in [0.15, 0.2) is 0 Å². The van der Waals surface area contributed by atoms with Crippen LogP contribution in [0.2, 0.25) is 0 Å². The number of aromatic amines is 1. The molecule has 6 heteroatoms. The Morgan fingerprint density at radius 2 is 1.76 bits per heavy atom. The van der Waals surface area contributed by atoms with E-state index >= 15 is 0 Å². The first kappa shape index (κ1) is 20.3. The molecule has 0 saturated carbocycles. The minimum absolute atomic E-state index is 0.276. The van der Waals surface area contributed by atoms with Crippen molar-refractivity contribution in [3.63, 3.8) is 0 Å². The Bertz CT molecular complexity index is 1400. The molecule has 0 aliphatic carbocycles. The van der Waals surface area contributed by atoms with Crippen LogP contribution in [0.15, 0.2) is 109 Å². The Balaban J connectivity index is 1.30. The maximum absolute atomic E-state index is 12.8. The highest BCUT2D eigenvalue weighted by Gasteiger charge is 2.11. The molecule has 5 rings (SSSR count). The highest BCUT2D eigenvalue weighted by molar-refractivity contribution is 6.01. The molecular formula is C27H22N4O2. The Hall–Kier alpha value is -4.58. The van der Waals surface area contributed by atoms with Gasteiger partial charge in [0, 0.05) is 35.1 Å². The number of carbonyl (C=O) groups excluding carboxylic acids is 1. The number of hydrogen-bond donors (Lipinski definition) is 2. The van der Waals surface area contributed by atoms with Crippen molar-refractivity contribution in [2.45, 2.75) is 6.61 Å². The molecule has 33 heavy (non-hydrogen) atoms. The summed E-state index contributed by atoms with van der Waals surface area (Å²) in [5.41, 5.74) is 6.90. The highest BCUT2D eigenvalue weighted by Crippen LogP contribution is 2.23. The maximum Gasteiger partial charge on any atom is 0.273 e. The number of rotatable bonds is 7. The van der Waals surface area contributed by atoms with E-state index in [4.69, 9.17) is 4.74 Å². The highest BCUT2D eigenvalue weighted by atomic mass is 16.5. The average Bonchev–Trinajstić information content (AvgIpc) is 3.54. The quantitative estimate of drug-likeness (QED) is 0.269. The first-order valence-electron chi connectivity index (χ1n) is 10.6. The molecule has 162 valence electrons. The molecule has 2 aromatic heterocycles. The van der Waals surface area contributed by atoms with Crippen LogP contribution in [0, 0.1) is 0 Å². The summed E-state index contributed by atoms with van der Waals surface area (Å²) < 4.78 is 7.84. The summed E-state index contributed by atoms with van der Waals surface area (Å²) in [5, 5.41) is 5.16. The number of ether oxygens (including phenoxy) is 1. The second kappa shape index (κ2) is 9.28. The van der Waals surface area contributed by atoms with Gasteiger partial charge in [0.25, 0.3) is 5.91 Å². The normalized spacial score (nSPS) is 11.2. The molecule has 2 N–H and O–H groups in total. The van der Waals surface area contributed by atoms with Crippen LogP contribution in [0.4, 0.5) is 0 Å². The van der Waals surface area contributed by atoms with Crippen molar-refractivity contribution in [2.75, 3.05) is 0 Å². The molecule has 2 heterocycles. The van der Waals surface area contributed by atoms with E-state index in [1.54, 1.807) is 12.3 Å². The third-order valence-electron chi connectivity index (χ3n) is 5.33. The van der Waals surface area contributed by atoms with Gasteiger partial charge >= 0.3 is 0 Å². The molecule has 6 nitrogen and oxygen atoms in total. The van der Waals surface area contributed by atoms with Gasteiger partial charge in [-0.15, -0.1) is 0 Å². The van der Waals surface area contributed by atoms with Gasteiger partial charge in [-0.05, 0) is 48.0 Å². The van der Waals surface area contributed by atoms with E-state index in [0.717, 1.165) is 33.5 Å². The minimum atomic E-state index is -0.276. The molecule has 0 spiro atoms. The maximum atomic E-state index is 12.8. The summed E-state index contributed by atoms with van der Waals surface area (Å²) in [6.45, 7) is 0.497. The number of benzene rings is 3. The van der Waals surface area contributed by atoms with Gasteiger partial charge in [-0.2, -0.15) is 5.10 Å². The van der Waals surface area contributed by atoms with E-state index in [1.807, 2.05) is 102 Å². The van der Waals surface area contributed by atoms with Gasteiger partial charge in [-0.1, -0.05) is 42.5 Å². The largest absolute Gasteiger partial charge is 0.489 e. The number of nitrogens with zero attached hydrogens (tertiary/aromatic N) is 2. The number of nitrogens with one attached hydrogen (secondary N) is 2. The number of H-pyrrole nitrogens is 1. The van der Waals surface area contributed by atoms with Gasteiger partial charge in [0.1, 0.15) is 12.4 Å².